The van der Waals surface area contributed by atoms with Gasteiger partial charge in [-0.15, -0.1) is 0 Å². The van der Waals surface area contributed by atoms with Crippen molar-refractivity contribution in [1.29, 1.82) is 0 Å². The second-order valence-electron chi connectivity index (χ2n) is 13.3. The fourth-order valence-electron chi connectivity index (χ4n) is 6.80. The largest absolute Gasteiger partial charge is 0.366 e. The van der Waals surface area contributed by atoms with Crippen molar-refractivity contribution < 1.29 is 9.59 Å². The summed E-state index contributed by atoms with van der Waals surface area (Å²) in [7, 11) is 0. The third kappa shape index (κ3) is 6.77. The van der Waals surface area contributed by atoms with E-state index in [1.54, 1.807) is 48.5 Å². The van der Waals surface area contributed by atoms with Crippen LogP contribution in [-0.4, -0.2) is 51.7 Å². The molecule has 11 rings (SSSR count). The van der Waals surface area contributed by atoms with Crippen molar-refractivity contribution in [2.75, 3.05) is 0 Å². The van der Waals surface area contributed by atoms with Crippen molar-refractivity contribution in [3.8, 4) is 45.6 Å². The Morgan fingerprint density at radius 3 is 0.810 bits per heavy atom. The Kier molecular flexibility index (Phi) is 9.16. The molecule has 278 valence electrons. The van der Waals surface area contributed by atoms with Crippen LogP contribution >= 0.6 is 0 Å². The van der Waals surface area contributed by atoms with Crippen LogP contribution in [0, 0.1) is 0 Å². The fourth-order valence-corrected chi connectivity index (χ4v) is 6.80. The van der Waals surface area contributed by atoms with E-state index in [1.807, 2.05) is 109 Å². The highest BCUT2D eigenvalue weighted by molar-refractivity contribution is 6.06. The number of nitrogens with one attached hydrogen (secondary N) is 2. The second kappa shape index (κ2) is 15.0. The lowest BCUT2D eigenvalue weighted by Crippen LogP contribution is -2.09. The zero-order chi connectivity index (χ0) is 39.6. The van der Waals surface area contributed by atoms with Crippen LogP contribution in [0.15, 0.2) is 158 Å². The number of aromatic nitrogens is 8. The molecule has 0 unspecified atom stereocenters. The summed E-state index contributed by atoms with van der Waals surface area (Å²) in [6, 6.07) is 49.8. The van der Waals surface area contributed by atoms with E-state index in [0.717, 1.165) is 43.8 Å². The minimum atomic E-state index is -0.379. The van der Waals surface area contributed by atoms with E-state index in [1.165, 1.54) is 0 Å². The molecule has 0 radical (unpaired) electrons. The van der Waals surface area contributed by atoms with Crippen molar-refractivity contribution in [1.82, 2.24) is 39.9 Å². The van der Waals surface area contributed by atoms with Crippen LogP contribution in [0.5, 0.6) is 0 Å². The summed E-state index contributed by atoms with van der Waals surface area (Å²) in [6.07, 6.45) is 0. The number of H-pyrrole nitrogens is 2. The number of rotatable bonds is 2. The van der Waals surface area contributed by atoms with E-state index in [0.29, 0.717) is 57.0 Å². The molecule has 6 aromatic carbocycles. The molecule has 2 aliphatic rings. The molecule has 9 aromatic rings. The average Bonchev–Trinajstić information content (AvgIpc) is 4.01. The predicted octanol–water partition coefficient (Wildman–Crippen LogP) is 8.44. The van der Waals surface area contributed by atoms with Crippen molar-refractivity contribution in [2.24, 2.45) is 11.5 Å². The van der Waals surface area contributed by atoms with Gasteiger partial charge in [0.1, 0.15) is 22.6 Å². The second-order valence-corrected chi connectivity index (χ2v) is 13.3. The van der Waals surface area contributed by atoms with Gasteiger partial charge in [0, 0.05) is 54.9 Å². The quantitative estimate of drug-likeness (QED) is 0.135. The van der Waals surface area contributed by atoms with E-state index >= 15 is 0 Å². The van der Waals surface area contributed by atoms with Crippen molar-refractivity contribution >= 4 is 55.9 Å². The van der Waals surface area contributed by atoms with Crippen molar-refractivity contribution in [2.45, 2.75) is 0 Å². The van der Waals surface area contributed by atoms with Crippen molar-refractivity contribution in [3.05, 3.63) is 169 Å². The van der Waals surface area contributed by atoms with Crippen LogP contribution < -0.4 is 11.5 Å². The average molecular weight is 757 g/mol. The van der Waals surface area contributed by atoms with E-state index in [2.05, 4.69) is 9.97 Å². The minimum absolute atomic E-state index is 0.379. The standard InChI is InChI=1S/C32H18N8.2C7H7NO/c1-2-10-18-17(9-1)25-33-26(18)38-28-21-13-5-6-14-22(21)30(35-28)40-32-24-16-8-7-15-23(24)31(36-32)39-29-20-12-4-3-11-19(20)27(34-29)37-25;2*8-7(9)6-4-2-1-3-5-6/h1-16H,(H2,33,34,35,36,37,38,39,40);2*1-5H,(H2,8,9). The summed E-state index contributed by atoms with van der Waals surface area (Å²) in [6.45, 7) is 0. The summed E-state index contributed by atoms with van der Waals surface area (Å²) in [5.41, 5.74) is 17.5. The first-order valence-electron chi connectivity index (χ1n) is 18.3. The topological polar surface area (TPSA) is 195 Å². The number of nitrogens with zero attached hydrogens (tertiary/aromatic N) is 6. The molecule has 3 aromatic heterocycles. The van der Waals surface area contributed by atoms with Gasteiger partial charge in [-0.3, -0.25) is 9.59 Å². The summed E-state index contributed by atoms with van der Waals surface area (Å²) < 4.78 is 0. The fraction of sp³-hybridized carbons (Fsp3) is 0. The van der Waals surface area contributed by atoms with Gasteiger partial charge in [0.25, 0.3) is 0 Å². The molecule has 12 heteroatoms. The van der Waals surface area contributed by atoms with Crippen LogP contribution in [0.2, 0.25) is 0 Å². The maximum atomic E-state index is 10.4. The van der Waals surface area contributed by atoms with Crippen LogP contribution in [0.1, 0.15) is 20.7 Å². The Bertz CT molecular complexity index is 2830. The number of amides is 2. The Morgan fingerprint density at radius 2 is 0.569 bits per heavy atom. The number of benzene rings is 6. The molecule has 0 aliphatic carbocycles. The van der Waals surface area contributed by atoms with Crippen LogP contribution in [-0.2, 0) is 0 Å². The molecule has 2 aliphatic heterocycles. The van der Waals surface area contributed by atoms with Gasteiger partial charge in [-0.1, -0.05) is 133 Å². The van der Waals surface area contributed by atoms with Crippen molar-refractivity contribution in [3.63, 3.8) is 0 Å². The highest BCUT2D eigenvalue weighted by atomic mass is 16.1. The molecule has 5 heterocycles. The molecule has 0 atom stereocenters. The highest BCUT2D eigenvalue weighted by Crippen LogP contribution is 2.36. The van der Waals surface area contributed by atoms with E-state index in [-0.39, 0.29) is 11.8 Å². The van der Waals surface area contributed by atoms with Gasteiger partial charge >= 0.3 is 0 Å². The molecule has 58 heavy (non-hydrogen) atoms. The molecule has 0 saturated heterocycles. The normalized spacial score (nSPS) is 11.0. The molecule has 0 spiro atoms. The van der Waals surface area contributed by atoms with E-state index in [4.69, 9.17) is 41.4 Å². The molecule has 12 nitrogen and oxygen atoms in total. The number of primary amides is 2. The molecule has 2 amide bonds. The Labute approximate surface area is 330 Å². The number of carbonyl (C=O) groups is 2. The summed E-state index contributed by atoms with van der Waals surface area (Å²) in [4.78, 5) is 57.6. The molecular weight excluding hydrogens is 725 g/mol. The van der Waals surface area contributed by atoms with Gasteiger partial charge in [0.15, 0.2) is 23.3 Å². The maximum Gasteiger partial charge on any atom is 0.248 e. The lowest BCUT2D eigenvalue weighted by molar-refractivity contribution is 0.0992. The SMILES string of the molecule is NC(=O)c1ccccc1.NC(=O)c1ccccc1.c1ccc2c(c1)-c1nc-2nc2[nH]c(nc3nc(nc4[nH]c(n1)c1ccccc41)-c1ccccc1-3)c1ccccc21. The third-order valence-corrected chi connectivity index (χ3v) is 9.58. The molecular formula is C46H32N10O2. The third-order valence-electron chi connectivity index (χ3n) is 9.58. The Hall–Kier alpha value is -8.38. The number of fused-ring (bicyclic) bond motifs is 20. The van der Waals surface area contributed by atoms with Gasteiger partial charge in [-0.05, 0) is 24.3 Å². The molecule has 6 N–H and O–H groups in total. The van der Waals surface area contributed by atoms with Gasteiger partial charge in [-0.25, -0.2) is 29.9 Å². The van der Waals surface area contributed by atoms with Crippen LogP contribution in [0.3, 0.4) is 0 Å². The minimum Gasteiger partial charge on any atom is -0.366 e. The van der Waals surface area contributed by atoms with Gasteiger partial charge in [-0.2, -0.15) is 0 Å². The summed E-state index contributed by atoms with van der Waals surface area (Å²) in [5.74, 6) is 1.63. The molecule has 0 fully saturated rings. The number of carbonyl (C=O) groups excluding carboxylic acids is 2. The Balaban J connectivity index is 0.000000200. The number of hydrogen-bond donors (Lipinski definition) is 4. The maximum absolute atomic E-state index is 10.4. The number of hydrogen-bond acceptors (Lipinski definition) is 8. The smallest absolute Gasteiger partial charge is 0.248 e. The lowest BCUT2D eigenvalue weighted by atomic mass is 10.1. The first-order valence-corrected chi connectivity index (χ1v) is 18.3. The summed E-state index contributed by atoms with van der Waals surface area (Å²) >= 11 is 0. The zero-order valence-corrected chi connectivity index (χ0v) is 30.7. The van der Waals surface area contributed by atoms with E-state index < -0.39 is 0 Å². The van der Waals surface area contributed by atoms with Gasteiger partial charge in [0.2, 0.25) is 11.8 Å². The number of aromatic amines is 2. The monoisotopic (exact) mass is 756 g/mol. The zero-order valence-electron chi connectivity index (χ0n) is 30.7. The van der Waals surface area contributed by atoms with Crippen LogP contribution in [0.4, 0.5) is 0 Å². The molecule has 0 saturated carbocycles. The first kappa shape index (κ1) is 35.3. The summed E-state index contributed by atoms with van der Waals surface area (Å²) in [5, 5.41) is 3.82. The van der Waals surface area contributed by atoms with E-state index in [9.17, 15) is 9.59 Å². The highest BCUT2D eigenvalue weighted by Gasteiger charge is 2.21. The predicted molar refractivity (Wildman–Crippen MR) is 226 cm³/mol. The van der Waals surface area contributed by atoms with Crippen LogP contribution in [0.25, 0.3) is 89.7 Å². The molecule has 8 bridgehead atoms. The first-order chi connectivity index (χ1) is 28.4. The van der Waals surface area contributed by atoms with Gasteiger partial charge in [0.05, 0.1) is 0 Å². The Morgan fingerprint density at radius 1 is 0.328 bits per heavy atom. The van der Waals surface area contributed by atoms with Gasteiger partial charge < -0.3 is 21.4 Å². The lowest BCUT2D eigenvalue weighted by Gasteiger charge is -1.96. The number of nitrogens with two attached hydrogens (primary N) is 2.